The standard InChI is InChI=1S/C29H36FNO7/c1-15(38-27(35)28-10-17-6-18(11-28)8-19(7-17)12-28)37-26(34)24-21-9-22(29(31,25(21)24)13-23(32)33)36-14-16-2-4-20(30)5-3-16/h2-5,15,17-19,21-22,24-25H,6-14,31H2,1H3,(H,32,33). The van der Waals surface area contributed by atoms with Crippen molar-refractivity contribution in [1.82, 2.24) is 0 Å². The molecule has 6 saturated carbocycles. The van der Waals surface area contributed by atoms with Gasteiger partial charge in [0.1, 0.15) is 5.82 Å². The number of esters is 2. The average Bonchev–Trinajstić information content (AvgIpc) is 3.49. The monoisotopic (exact) mass is 529 g/mol. The first-order valence-electron chi connectivity index (χ1n) is 13.8. The van der Waals surface area contributed by atoms with Gasteiger partial charge in [-0.25, -0.2) is 4.39 Å². The molecule has 6 fully saturated rings. The van der Waals surface area contributed by atoms with Crippen LogP contribution in [0.5, 0.6) is 0 Å². The summed E-state index contributed by atoms with van der Waals surface area (Å²) in [6, 6.07) is 5.88. The first kappa shape index (κ1) is 25.7. The highest BCUT2D eigenvalue weighted by molar-refractivity contribution is 5.80. The van der Waals surface area contributed by atoms with Gasteiger partial charge in [0.05, 0.1) is 36.0 Å². The van der Waals surface area contributed by atoms with Gasteiger partial charge in [-0.3, -0.25) is 14.4 Å². The summed E-state index contributed by atoms with van der Waals surface area (Å²) in [7, 11) is 0. The summed E-state index contributed by atoms with van der Waals surface area (Å²) < 4.78 is 30.4. The number of carbonyl (C=O) groups excluding carboxylic acids is 2. The summed E-state index contributed by atoms with van der Waals surface area (Å²) in [5, 5.41) is 9.54. The van der Waals surface area contributed by atoms with Gasteiger partial charge in [-0.05, 0) is 92.2 Å². The number of hydrogen-bond acceptors (Lipinski definition) is 7. The number of rotatable bonds is 9. The van der Waals surface area contributed by atoms with E-state index in [9.17, 15) is 23.9 Å². The highest BCUT2D eigenvalue weighted by Gasteiger charge is 2.72. The Bertz CT molecular complexity index is 1090. The SMILES string of the molecule is CC(OC(=O)C1C2CC(OCc3ccc(F)cc3)C(N)(CC(=O)O)C21)OC(=O)C12CC3CC(CC(C3)C1)C2. The van der Waals surface area contributed by atoms with Crippen LogP contribution in [0.3, 0.4) is 0 Å². The lowest BCUT2D eigenvalue weighted by Crippen LogP contribution is -2.54. The number of nitrogens with two attached hydrogens (primary N) is 1. The van der Waals surface area contributed by atoms with Crippen LogP contribution in [0.2, 0.25) is 0 Å². The molecule has 6 unspecified atom stereocenters. The predicted octanol–water partition coefficient (Wildman–Crippen LogP) is 3.80. The lowest BCUT2D eigenvalue weighted by molar-refractivity contribution is -0.203. The molecule has 6 atom stereocenters. The summed E-state index contributed by atoms with van der Waals surface area (Å²) in [5.74, 6) is -1.48. The number of benzene rings is 1. The van der Waals surface area contributed by atoms with Crippen LogP contribution in [0.4, 0.5) is 4.39 Å². The summed E-state index contributed by atoms with van der Waals surface area (Å²) in [6.45, 7) is 1.73. The fraction of sp³-hybridized carbons (Fsp3) is 0.690. The van der Waals surface area contributed by atoms with Crippen molar-refractivity contribution in [2.45, 2.75) is 82.8 Å². The molecule has 4 bridgehead atoms. The fourth-order valence-electron chi connectivity index (χ4n) is 8.80. The number of hydrogen-bond donors (Lipinski definition) is 2. The number of carboxylic acid groups (broad SMARTS) is 1. The van der Waals surface area contributed by atoms with Crippen LogP contribution in [0.15, 0.2) is 24.3 Å². The van der Waals surface area contributed by atoms with Crippen molar-refractivity contribution in [3.63, 3.8) is 0 Å². The molecule has 1 aromatic carbocycles. The molecule has 9 heteroatoms. The van der Waals surface area contributed by atoms with Crippen LogP contribution in [-0.2, 0) is 35.2 Å². The van der Waals surface area contributed by atoms with Gasteiger partial charge in [0.15, 0.2) is 0 Å². The summed E-state index contributed by atoms with van der Waals surface area (Å²) in [6.07, 6.45) is 4.77. The number of carboxylic acids is 1. The lowest BCUT2D eigenvalue weighted by Gasteiger charge is -2.55. The van der Waals surface area contributed by atoms with Crippen molar-refractivity contribution in [2.75, 3.05) is 0 Å². The molecule has 0 aliphatic heterocycles. The van der Waals surface area contributed by atoms with E-state index in [1.54, 1.807) is 19.1 Å². The molecule has 7 rings (SSSR count). The van der Waals surface area contributed by atoms with Crippen LogP contribution in [0, 0.1) is 46.7 Å². The van der Waals surface area contributed by atoms with E-state index >= 15 is 0 Å². The number of fused-ring (bicyclic) bond motifs is 1. The lowest BCUT2D eigenvalue weighted by atomic mass is 9.49. The average molecular weight is 530 g/mol. The third-order valence-electron chi connectivity index (χ3n) is 10.00. The predicted molar refractivity (Wildman–Crippen MR) is 131 cm³/mol. The first-order chi connectivity index (χ1) is 18.1. The Kier molecular flexibility index (Phi) is 6.30. The van der Waals surface area contributed by atoms with Gasteiger partial charge < -0.3 is 25.1 Å². The number of halogens is 1. The van der Waals surface area contributed by atoms with E-state index in [0.29, 0.717) is 24.2 Å². The largest absolute Gasteiger partial charge is 0.481 e. The molecule has 0 heterocycles. The molecule has 1 aromatic rings. The quantitative estimate of drug-likeness (QED) is 0.366. The van der Waals surface area contributed by atoms with Gasteiger partial charge in [0, 0.05) is 6.92 Å². The Balaban J connectivity index is 1.05. The smallest absolute Gasteiger partial charge is 0.315 e. The van der Waals surface area contributed by atoms with Crippen molar-refractivity contribution in [3.8, 4) is 0 Å². The fourth-order valence-corrected chi connectivity index (χ4v) is 8.80. The van der Waals surface area contributed by atoms with E-state index in [1.165, 1.54) is 31.4 Å². The van der Waals surface area contributed by atoms with Crippen molar-refractivity contribution in [1.29, 1.82) is 0 Å². The second-order valence-electron chi connectivity index (χ2n) is 12.7. The zero-order chi connectivity index (χ0) is 26.8. The second-order valence-corrected chi connectivity index (χ2v) is 12.7. The topological polar surface area (TPSA) is 125 Å². The van der Waals surface area contributed by atoms with Gasteiger partial charge >= 0.3 is 17.9 Å². The zero-order valence-electron chi connectivity index (χ0n) is 21.6. The Hall–Kier alpha value is -2.52. The molecule has 0 aromatic heterocycles. The minimum atomic E-state index is -1.24. The highest BCUT2D eigenvalue weighted by atomic mass is 19.1. The highest BCUT2D eigenvalue weighted by Crippen LogP contribution is 2.64. The summed E-state index contributed by atoms with van der Waals surface area (Å²) in [4.78, 5) is 37.9. The Labute approximate surface area is 221 Å². The van der Waals surface area contributed by atoms with Gasteiger partial charge in [-0.2, -0.15) is 0 Å². The molecule has 0 radical (unpaired) electrons. The molecule has 6 aliphatic carbocycles. The van der Waals surface area contributed by atoms with Crippen molar-refractivity contribution < 1.29 is 38.1 Å². The van der Waals surface area contributed by atoms with E-state index in [4.69, 9.17) is 19.9 Å². The number of carbonyl (C=O) groups is 3. The van der Waals surface area contributed by atoms with E-state index in [0.717, 1.165) is 24.8 Å². The summed E-state index contributed by atoms with van der Waals surface area (Å²) >= 11 is 0. The van der Waals surface area contributed by atoms with Gasteiger partial charge in [0.2, 0.25) is 6.29 Å². The molecule has 0 spiro atoms. The Morgan fingerprint density at radius 2 is 1.63 bits per heavy atom. The van der Waals surface area contributed by atoms with E-state index in [2.05, 4.69) is 0 Å². The maximum absolute atomic E-state index is 13.2. The van der Waals surface area contributed by atoms with Crippen LogP contribution < -0.4 is 5.73 Å². The third-order valence-corrected chi connectivity index (χ3v) is 10.00. The minimum absolute atomic E-state index is 0.156. The molecular weight excluding hydrogens is 493 g/mol. The van der Waals surface area contributed by atoms with E-state index < -0.39 is 47.1 Å². The van der Waals surface area contributed by atoms with Gasteiger partial charge in [0.25, 0.3) is 0 Å². The third kappa shape index (κ3) is 4.51. The van der Waals surface area contributed by atoms with E-state index in [-0.39, 0.29) is 30.7 Å². The molecular formula is C29H36FNO7. The molecule has 3 N–H and O–H groups in total. The van der Waals surface area contributed by atoms with Gasteiger partial charge in [-0.15, -0.1) is 0 Å². The number of ether oxygens (including phenoxy) is 3. The Morgan fingerprint density at radius 3 is 2.21 bits per heavy atom. The number of aliphatic carboxylic acids is 1. The van der Waals surface area contributed by atoms with Crippen molar-refractivity contribution in [3.05, 3.63) is 35.6 Å². The van der Waals surface area contributed by atoms with Crippen molar-refractivity contribution >= 4 is 17.9 Å². The van der Waals surface area contributed by atoms with Crippen molar-refractivity contribution in [2.24, 2.45) is 46.7 Å². The van der Waals surface area contributed by atoms with E-state index in [1.807, 2.05) is 0 Å². The Morgan fingerprint density at radius 1 is 1.03 bits per heavy atom. The normalized spacial score (nSPS) is 40.9. The molecule has 206 valence electrons. The molecule has 0 saturated heterocycles. The molecule has 8 nitrogen and oxygen atoms in total. The van der Waals surface area contributed by atoms with Gasteiger partial charge in [-0.1, -0.05) is 12.1 Å². The molecule has 6 aliphatic rings. The first-order valence-corrected chi connectivity index (χ1v) is 13.8. The minimum Gasteiger partial charge on any atom is -0.481 e. The van der Waals surface area contributed by atoms with Crippen LogP contribution in [-0.4, -0.2) is 40.9 Å². The maximum atomic E-state index is 13.2. The molecule has 38 heavy (non-hydrogen) atoms. The molecule has 0 amide bonds. The van der Waals surface area contributed by atoms with Crippen LogP contribution in [0.1, 0.15) is 63.9 Å². The summed E-state index contributed by atoms with van der Waals surface area (Å²) in [5.41, 5.74) is 5.70. The second kappa shape index (κ2) is 9.30. The maximum Gasteiger partial charge on any atom is 0.315 e. The zero-order valence-corrected chi connectivity index (χ0v) is 21.6. The van der Waals surface area contributed by atoms with Crippen LogP contribution >= 0.6 is 0 Å². The van der Waals surface area contributed by atoms with Crippen LogP contribution in [0.25, 0.3) is 0 Å².